The van der Waals surface area contributed by atoms with Crippen molar-refractivity contribution >= 4 is 897 Å². The summed E-state index contributed by atoms with van der Waals surface area (Å²) in [7, 11) is 170. The van der Waals surface area contributed by atoms with Crippen molar-refractivity contribution in [1.29, 1.82) is 0 Å². The van der Waals surface area contributed by atoms with Crippen molar-refractivity contribution in [3.05, 3.63) is 42.0 Å². The van der Waals surface area contributed by atoms with E-state index in [0.29, 0.717) is 34.6 Å². The topological polar surface area (TPSA) is 59.3 Å². The summed E-state index contributed by atoms with van der Waals surface area (Å²) < 4.78 is 5.96. The first kappa shape index (κ1) is 133. The van der Waals surface area contributed by atoms with E-state index in [4.69, 9.17) is 26.8 Å². The molecular formula is C24H23NO3S96. The minimum absolute atomic E-state index is 0.104. The summed E-state index contributed by atoms with van der Waals surface area (Å²) in [4.78, 5) is 25.4. The Labute approximate surface area is 991 Å². The molecule has 100 heteroatoms. The number of fused-ring (bicyclic) bond motifs is 3. The standard InChI is InChI=1S/C24H23NO3.S96/c26-13-17-5-6-20-21(18-3-1-2-4-19(18)28-20)22(17)25-23(27)24-10-14-7-15(11-24)9-16(8-14)12-24;1-3-5-7-9-11-13-15-17-19-21-23-25-27-29-31-33-35-37-39-41-43-45-47-49-51-53-55-57-59-61-63-65-67-69-71-73-75-77-79-81-83-85-87-89-91-93-95-96-94-92-90-88-86-84-82-80-78-76-74-72-70-68-66-64-62-60-58-56-54-52-50-48-46-44-42-40-38-36-34-32-30-28-26-24-22-20-18-16-14-12-10-8-6-4-2/h1-6,13-16H,7-12H2,(H,25,27);. The minimum Gasteiger partial charge on any atom is -0.456 e. The molecule has 1 heterocycles. The SMILES string of the molecule is O=Cc1ccc2oc3ccccc3c2c1NC(=O)C12CC3CC(CC(C3)C1)C2.S=S=S=S=S=S=S=S=S=S=S=S=S=S=S=S=S=S=S=S=S=S=S=S=S=S=S=S=S=S=S=S=S=S=S=S=S=S=S=S=S=S=S=S=S=S=S=S=S=S=S=S=S=S=S=S=S=S=S=S=S=S=S=S=S=S=S=S=S=S=S=S=S=S=S=S=S=S=S=S=S=S=S=S=S=S=S=S=S=S=S=S=S=S=S=S. The summed E-state index contributed by atoms with van der Waals surface area (Å²) in [5.41, 5.74) is 2.34. The molecule has 1 aromatic heterocycles. The Hall–Kier alpha value is 18.5. The molecule has 4 aliphatic carbocycles. The maximum atomic E-state index is 13.6. The molecule has 0 radical (unpaired) electrons. The van der Waals surface area contributed by atoms with Crippen LogP contribution in [0.25, 0.3) is 21.9 Å². The average Bonchev–Trinajstić information content (AvgIpc) is 1.02. The molecule has 0 spiro atoms. The van der Waals surface area contributed by atoms with Crippen LogP contribution in [0.4, 0.5) is 5.69 Å². The molecule has 4 bridgehead atoms. The van der Waals surface area contributed by atoms with Gasteiger partial charge in [0, 0.05) is 868 Å². The number of hydrogen-bond donors (Lipinski definition) is 1. The van der Waals surface area contributed by atoms with Gasteiger partial charge in [-0.15, -0.1) is 0 Å². The summed E-state index contributed by atoms with van der Waals surface area (Å²) in [6.45, 7) is 0. The van der Waals surface area contributed by atoms with Crippen molar-refractivity contribution in [2.45, 2.75) is 38.5 Å². The van der Waals surface area contributed by atoms with Crippen LogP contribution in [-0.2, 0) is 862 Å². The highest BCUT2D eigenvalue weighted by Crippen LogP contribution is 2.60. The number of para-hydroxylation sites is 1. The van der Waals surface area contributed by atoms with Gasteiger partial charge in [-0.3, -0.25) is 9.59 Å². The molecule has 7 rings (SSSR count). The van der Waals surface area contributed by atoms with Crippen LogP contribution < -0.4 is 5.32 Å². The predicted octanol–water partition coefficient (Wildman–Crippen LogP) is 5.32. The van der Waals surface area contributed by atoms with Crippen LogP contribution in [-0.4, -0.2) is 12.2 Å². The number of hydrogen-bond acceptors (Lipinski definition) is 5. The van der Waals surface area contributed by atoms with E-state index in [2.05, 4.69) is 5.32 Å². The van der Waals surface area contributed by atoms with Crippen molar-refractivity contribution in [3.8, 4) is 0 Å². The molecule has 1 N–H and O–H groups in total. The number of benzene rings is 2. The predicted molar refractivity (Wildman–Crippen MR) is 815 cm³/mol. The number of furan rings is 1. The van der Waals surface area contributed by atoms with Gasteiger partial charge in [-0.2, -0.15) is 0 Å². The third-order valence-electron chi connectivity index (χ3n) is 10.0. The molecular weight excluding hydrogens is 3430 g/mol. The van der Waals surface area contributed by atoms with Gasteiger partial charge >= 0.3 is 0 Å². The Bertz CT molecular complexity index is 9040. The number of carbonyl (C=O) groups is 2. The molecule has 2 aromatic carbocycles. The van der Waals surface area contributed by atoms with Crippen LogP contribution in [0.3, 0.4) is 0 Å². The van der Waals surface area contributed by atoms with Crippen LogP contribution in [0.15, 0.2) is 40.8 Å². The third-order valence-corrected chi connectivity index (χ3v) is 217. The summed E-state index contributed by atoms with van der Waals surface area (Å²) in [5.74, 6) is 2.21. The summed E-state index contributed by atoms with van der Waals surface area (Å²) in [5, 5.41) is 4.97. The van der Waals surface area contributed by atoms with Crippen LogP contribution in [0.2, 0.25) is 0 Å². The van der Waals surface area contributed by atoms with Crippen molar-refractivity contribution in [1.82, 2.24) is 0 Å². The number of aldehydes is 1. The Balaban J connectivity index is 0.000000797. The van der Waals surface area contributed by atoms with Crippen molar-refractivity contribution in [2.24, 2.45) is 23.2 Å². The van der Waals surface area contributed by atoms with Gasteiger partial charge in [0.05, 0.1) is 16.5 Å². The molecule has 0 saturated heterocycles. The van der Waals surface area contributed by atoms with E-state index < -0.39 is 0 Å². The molecule has 4 saturated carbocycles. The second-order valence-electron chi connectivity index (χ2n) is 15.7. The lowest BCUT2D eigenvalue weighted by molar-refractivity contribution is -0.140. The molecule has 124 heavy (non-hydrogen) atoms. The summed E-state index contributed by atoms with van der Waals surface area (Å²) >= 11 is 9.66. The molecule has 0 unspecified atom stereocenters. The van der Waals surface area contributed by atoms with E-state index in [0.717, 1.165) is 41.9 Å². The van der Waals surface area contributed by atoms with Crippen molar-refractivity contribution in [3.63, 3.8) is 0 Å². The summed E-state index contributed by atoms with van der Waals surface area (Å²) in [6.07, 6.45) is 7.74. The second kappa shape index (κ2) is 104. The molecule has 718 valence electrons. The van der Waals surface area contributed by atoms with E-state index in [9.17, 15) is 9.59 Å². The van der Waals surface area contributed by atoms with Crippen LogP contribution >= 0.6 is 0 Å². The van der Waals surface area contributed by atoms with Gasteiger partial charge in [0.15, 0.2) is 6.29 Å². The third kappa shape index (κ3) is 78.6. The fourth-order valence-corrected chi connectivity index (χ4v) is 260. The van der Waals surface area contributed by atoms with Gasteiger partial charge in [0.25, 0.3) is 0 Å². The Morgan fingerprint density at radius 3 is 0.613 bits per heavy atom. The van der Waals surface area contributed by atoms with Crippen LogP contribution in [0, 0.1) is 23.2 Å². The van der Waals surface area contributed by atoms with Gasteiger partial charge in [-0.1, -0.05) is 18.2 Å². The van der Waals surface area contributed by atoms with Gasteiger partial charge < -0.3 is 9.73 Å². The van der Waals surface area contributed by atoms with Gasteiger partial charge in [0.2, 0.25) is 5.91 Å². The van der Waals surface area contributed by atoms with Crippen molar-refractivity contribution < 1.29 is 14.0 Å². The first-order chi connectivity index (χ1) is 61.6. The highest BCUT2D eigenvalue weighted by atomic mass is 33.6. The molecule has 4 fully saturated rings. The highest BCUT2D eigenvalue weighted by molar-refractivity contribution is 8.87. The van der Waals surface area contributed by atoms with E-state index in [1.807, 2.05) is 741 Å². The minimum atomic E-state index is -0.253. The monoisotopic (exact) mass is 3440 g/mol. The number of nitrogens with one attached hydrogen (secondary N) is 1. The largest absolute Gasteiger partial charge is 0.456 e. The molecule has 4 nitrogen and oxygen atoms in total. The Kier molecular flexibility index (Phi) is 112. The first-order valence-corrected chi connectivity index (χ1v) is 153. The molecule has 3 aromatic rings. The average molecular weight is 3450 g/mol. The lowest BCUT2D eigenvalue weighted by atomic mass is 9.49. The zero-order chi connectivity index (χ0) is 87.3. The lowest BCUT2D eigenvalue weighted by Crippen LogP contribution is -2.51. The smallest absolute Gasteiger partial charge is 0.230 e. The van der Waals surface area contributed by atoms with Gasteiger partial charge in [-0.25, -0.2) is 0 Å². The van der Waals surface area contributed by atoms with E-state index in [-0.39, 0.29) is 11.3 Å². The second-order valence-corrected chi connectivity index (χ2v) is 182. The van der Waals surface area contributed by atoms with E-state index in [1.165, 1.54) is 37.0 Å². The lowest BCUT2D eigenvalue weighted by Gasteiger charge is -2.55. The Morgan fingerprint density at radius 1 is 0.258 bits per heavy atom. The van der Waals surface area contributed by atoms with Crippen LogP contribution in [0.1, 0.15) is 48.9 Å². The number of rotatable bonds is 3. The van der Waals surface area contributed by atoms with Crippen LogP contribution in [0.5, 0.6) is 0 Å². The van der Waals surface area contributed by atoms with E-state index in [1.54, 1.807) is 113 Å². The normalized spacial score (nSPS) is 13.0. The number of carbonyl (C=O) groups excluding carboxylic acids is 2. The number of amides is 1. The van der Waals surface area contributed by atoms with Crippen molar-refractivity contribution in [2.75, 3.05) is 5.32 Å². The zero-order valence-electron chi connectivity index (χ0n) is 54.9. The van der Waals surface area contributed by atoms with Gasteiger partial charge in [-0.05, 0) is 74.5 Å². The first-order valence-electron chi connectivity index (χ1n) is 26.2. The molecule has 0 aliphatic heterocycles. The molecule has 1 amide bonds. The maximum absolute atomic E-state index is 13.6. The van der Waals surface area contributed by atoms with E-state index >= 15 is 0 Å². The number of anilines is 1. The molecule has 4 aliphatic rings. The summed E-state index contributed by atoms with van der Waals surface area (Å²) in [6, 6.07) is 11.3. The fourth-order valence-electron chi connectivity index (χ4n) is 7.74. The quantitative estimate of drug-likeness (QED) is 0.361. The highest BCUT2D eigenvalue weighted by Gasteiger charge is 2.54. The Morgan fingerprint density at radius 2 is 0.435 bits per heavy atom. The maximum Gasteiger partial charge on any atom is 0.230 e. The zero-order valence-corrected chi connectivity index (χ0v) is 133. The van der Waals surface area contributed by atoms with Gasteiger partial charge in [0.1, 0.15) is 11.2 Å². The molecule has 0 atom stereocenters. The fraction of sp³-hybridized carbons (Fsp3) is 0.417.